The van der Waals surface area contributed by atoms with Gasteiger partial charge in [0.15, 0.2) is 5.69 Å². The third-order valence-corrected chi connectivity index (χ3v) is 6.11. The van der Waals surface area contributed by atoms with E-state index >= 15 is 0 Å². The number of ether oxygens (including phenoxy) is 1. The van der Waals surface area contributed by atoms with Crippen LogP contribution in [-0.2, 0) is 10.2 Å². The van der Waals surface area contributed by atoms with Crippen molar-refractivity contribution in [1.82, 2.24) is 15.1 Å². The second-order valence-electron chi connectivity index (χ2n) is 7.95. The maximum absolute atomic E-state index is 14.3. The molecule has 4 rings (SSSR count). The van der Waals surface area contributed by atoms with E-state index in [1.807, 2.05) is 18.2 Å². The van der Waals surface area contributed by atoms with Crippen LogP contribution in [-0.4, -0.2) is 35.4 Å². The van der Waals surface area contributed by atoms with Crippen LogP contribution in [0.3, 0.4) is 0 Å². The first kappa shape index (κ1) is 22.2. The summed E-state index contributed by atoms with van der Waals surface area (Å²) in [4.78, 5) is 25.5. The molecule has 0 atom stereocenters. The van der Waals surface area contributed by atoms with Crippen LogP contribution in [0.5, 0.6) is 0 Å². The minimum Gasteiger partial charge on any atom is -0.381 e. The van der Waals surface area contributed by atoms with Crippen LogP contribution in [0.4, 0.5) is 4.39 Å². The highest BCUT2D eigenvalue weighted by Crippen LogP contribution is 2.35. The Balaban J connectivity index is 1.63. The summed E-state index contributed by atoms with van der Waals surface area (Å²) < 4.78 is 21.1. The molecule has 1 fully saturated rings. The first-order valence-corrected chi connectivity index (χ1v) is 10.8. The number of amides is 1. The number of aryl methyl sites for hydroxylation is 1. The highest BCUT2D eigenvalue weighted by molar-refractivity contribution is 6.30. The zero-order chi connectivity index (χ0) is 22.7. The largest absolute Gasteiger partial charge is 0.381 e. The molecule has 8 heteroatoms. The summed E-state index contributed by atoms with van der Waals surface area (Å²) in [6.45, 7) is 3.05. The van der Waals surface area contributed by atoms with Crippen molar-refractivity contribution in [3.8, 4) is 5.69 Å². The van der Waals surface area contributed by atoms with Gasteiger partial charge in [-0.2, -0.15) is 5.10 Å². The SMILES string of the molecule is Cc1cc(=O)c(C(=O)NCC2(c3cccc(Cl)c3)CCOCC2)nn1-c1ccccc1F. The van der Waals surface area contributed by atoms with Gasteiger partial charge in [-0.05, 0) is 49.6 Å². The van der Waals surface area contributed by atoms with E-state index in [2.05, 4.69) is 10.4 Å². The molecule has 0 aliphatic carbocycles. The summed E-state index contributed by atoms with van der Waals surface area (Å²) in [7, 11) is 0. The normalized spacial score (nSPS) is 15.3. The Morgan fingerprint density at radius 1 is 1.19 bits per heavy atom. The fourth-order valence-corrected chi connectivity index (χ4v) is 4.24. The Hall–Kier alpha value is -3.03. The highest BCUT2D eigenvalue weighted by atomic mass is 35.5. The van der Waals surface area contributed by atoms with Gasteiger partial charge in [0.25, 0.3) is 5.91 Å². The van der Waals surface area contributed by atoms with Crippen LogP contribution in [0.1, 0.15) is 34.6 Å². The summed E-state index contributed by atoms with van der Waals surface area (Å²) in [6.07, 6.45) is 1.41. The van der Waals surface area contributed by atoms with Crippen molar-refractivity contribution in [1.29, 1.82) is 0 Å². The van der Waals surface area contributed by atoms with Crippen molar-refractivity contribution in [3.63, 3.8) is 0 Å². The molecule has 166 valence electrons. The van der Waals surface area contributed by atoms with Crippen LogP contribution in [0.15, 0.2) is 59.4 Å². The molecule has 2 aromatic carbocycles. The molecule has 1 aromatic heterocycles. The Labute approximate surface area is 190 Å². The molecule has 2 heterocycles. The number of benzene rings is 2. The molecule has 0 spiro atoms. The molecule has 0 unspecified atom stereocenters. The van der Waals surface area contributed by atoms with Crippen LogP contribution in [0, 0.1) is 12.7 Å². The van der Waals surface area contributed by atoms with E-state index in [9.17, 15) is 14.0 Å². The lowest BCUT2D eigenvalue weighted by molar-refractivity contribution is 0.0486. The third kappa shape index (κ3) is 4.45. The molecule has 1 aliphatic rings. The van der Waals surface area contributed by atoms with Crippen LogP contribution in [0.25, 0.3) is 5.69 Å². The lowest BCUT2D eigenvalue weighted by Gasteiger charge is -2.38. The smallest absolute Gasteiger partial charge is 0.275 e. The van der Waals surface area contributed by atoms with Crippen LogP contribution < -0.4 is 10.7 Å². The third-order valence-electron chi connectivity index (χ3n) is 5.88. The molecule has 3 aromatic rings. The number of halogens is 2. The second-order valence-corrected chi connectivity index (χ2v) is 8.38. The van der Waals surface area contributed by atoms with Crippen molar-refractivity contribution >= 4 is 17.5 Å². The predicted octanol–water partition coefficient (Wildman–Crippen LogP) is 3.81. The molecule has 0 radical (unpaired) electrons. The van der Waals surface area contributed by atoms with Crippen molar-refractivity contribution in [2.75, 3.05) is 19.8 Å². The summed E-state index contributed by atoms with van der Waals surface area (Å²) in [6, 6.07) is 14.9. The number of nitrogens with zero attached hydrogens (tertiary/aromatic N) is 2. The van der Waals surface area contributed by atoms with E-state index in [1.165, 1.54) is 22.9 Å². The van der Waals surface area contributed by atoms with Crippen LogP contribution in [0.2, 0.25) is 5.02 Å². The van der Waals surface area contributed by atoms with Gasteiger partial charge >= 0.3 is 0 Å². The van der Waals surface area contributed by atoms with Gasteiger partial charge in [0.05, 0.1) is 0 Å². The fourth-order valence-electron chi connectivity index (χ4n) is 4.05. The van der Waals surface area contributed by atoms with Gasteiger partial charge in [0.2, 0.25) is 5.43 Å². The zero-order valence-electron chi connectivity index (χ0n) is 17.6. The minimum atomic E-state index is -0.604. The Kier molecular flexibility index (Phi) is 6.39. The number of para-hydroxylation sites is 1. The second kappa shape index (κ2) is 9.22. The van der Waals surface area contributed by atoms with Crippen molar-refractivity contribution in [2.45, 2.75) is 25.2 Å². The average Bonchev–Trinajstić information content (AvgIpc) is 2.79. The standard InChI is InChI=1S/C24H23ClFN3O3/c1-16-13-21(30)22(28-29(16)20-8-3-2-7-19(20)26)23(31)27-15-24(9-11-32-12-10-24)17-5-4-6-18(25)14-17/h2-8,13-14H,9-12,15H2,1H3,(H,27,31). The Morgan fingerprint density at radius 3 is 2.66 bits per heavy atom. The Morgan fingerprint density at radius 2 is 1.94 bits per heavy atom. The lowest BCUT2D eigenvalue weighted by Crippen LogP contribution is -2.45. The number of aromatic nitrogens is 2. The summed E-state index contributed by atoms with van der Waals surface area (Å²) in [5.41, 5.74) is 0.432. The molecular weight excluding hydrogens is 433 g/mol. The number of carbonyl (C=O) groups is 1. The molecule has 0 bridgehead atoms. The topological polar surface area (TPSA) is 73.2 Å². The first-order chi connectivity index (χ1) is 15.4. The van der Waals surface area contributed by atoms with Gasteiger partial charge in [-0.15, -0.1) is 0 Å². The number of hydrogen-bond acceptors (Lipinski definition) is 4. The quantitative estimate of drug-likeness (QED) is 0.635. The first-order valence-electron chi connectivity index (χ1n) is 10.4. The highest BCUT2D eigenvalue weighted by Gasteiger charge is 2.35. The van der Waals surface area contributed by atoms with Crippen molar-refractivity contribution < 1.29 is 13.9 Å². The van der Waals surface area contributed by atoms with E-state index in [0.717, 1.165) is 5.56 Å². The van der Waals surface area contributed by atoms with Gasteiger partial charge in [-0.25, -0.2) is 9.07 Å². The van der Waals surface area contributed by atoms with Gasteiger partial charge < -0.3 is 10.1 Å². The monoisotopic (exact) mass is 455 g/mol. The summed E-state index contributed by atoms with van der Waals surface area (Å²) in [5.74, 6) is -1.10. The molecule has 1 amide bonds. The van der Waals surface area contributed by atoms with E-state index in [1.54, 1.807) is 25.1 Å². The fraction of sp³-hybridized carbons (Fsp3) is 0.292. The van der Waals surface area contributed by atoms with E-state index in [-0.39, 0.29) is 16.8 Å². The molecule has 1 N–H and O–H groups in total. The van der Waals surface area contributed by atoms with Crippen molar-refractivity contribution in [3.05, 3.63) is 92.6 Å². The average molecular weight is 456 g/mol. The zero-order valence-corrected chi connectivity index (χ0v) is 18.4. The van der Waals surface area contributed by atoms with Gasteiger partial charge in [0, 0.05) is 42.0 Å². The number of hydrogen-bond donors (Lipinski definition) is 1. The molecular formula is C24H23ClFN3O3. The van der Waals surface area contributed by atoms with Crippen molar-refractivity contribution in [2.24, 2.45) is 0 Å². The molecule has 0 saturated carbocycles. The molecule has 1 saturated heterocycles. The predicted molar refractivity (Wildman–Crippen MR) is 120 cm³/mol. The molecule has 6 nitrogen and oxygen atoms in total. The summed E-state index contributed by atoms with van der Waals surface area (Å²) in [5, 5.41) is 7.67. The molecule has 32 heavy (non-hydrogen) atoms. The number of nitrogens with one attached hydrogen (secondary N) is 1. The van der Waals surface area contributed by atoms with Gasteiger partial charge in [-0.1, -0.05) is 35.9 Å². The van der Waals surface area contributed by atoms with Gasteiger partial charge in [0.1, 0.15) is 11.5 Å². The van der Waals surface area contributed by atoms with Crippen LogP contribution >= 0.6 is 11.6 Å². The van der Waals surface area contributed by atoms with E-state index in [0.29, 0.717) is 43.3 Å². The lowest BCUT2D eigenvalue weighted by atomic mass is 9.74. The molecule has 1 aliphatic heterocycles. The maximum Gasteiger partial charge on any atom is 0.275 e. The summed E-state index contributed by atoms with van der Waals surface area (Å²) >= 11 is 6.21. The van der Waals surface area contributed by atoms with Gasteiger partial charge in [-0.3, -0.25) is 9.59 Å². The minimum absolute atomic E-state index is 0.166. The Bertz CT molecular complexity index is 1210. The number of rotatable bonds is 5. The van der Waals surface area contributed by atoms with E-state index < -0.39 is 17.2 Å². The van der Waals surface area contributed by atoms with E-state index in [4.69, 9.17) is 16.3 Å². The maximum atomic E-state index is 14.3. The number of carbonyl (C=O) groups excluding carboxylic acids is 1.